The Labute approximate surface area is 143 Å². The number of fused-ring (bicyclic) bond motifs is 1. The highest BCUT2D eigenvalue weighted by Gasteiger charge is 2.23. The summed E-state index contributed by atoms with van der Waals surface area (Å²) in [5.74, 6) is -0.478. The number of thiophene rings is 1. The van der Waals surface area contributed by atoms with E-state index in [9.17, 15) is 9.18 Å². The molecule has 1 unspecified atom stereocenters. The van der Waals surface area contributed by atoms with Crippen LogP contribution < -0.4 is 5.32 Å². The quantitative estimate of drug-likeness (QED) is 0.647. The first-order valence-electron chi connectivity index (χ1n) is 6.16. The first-order chi connectivity index (χ1) is 9.95. The van der Waals surface area contributed by atoms with Gasteiger partial charge in [0, 0.05) is 23.2 Å². The zero-order chi connectivity index (χ0) is 15.1. The van der Waals surface area contributed by atoms with Gasteiger partial charge in [-0.2, -0.15) is 0 Å². The van der Waals surface area contributed by atoms with Crippen molar-refractivity contribution in [2.45, 2.75) is 17.7 Å². The fourth-order valence-electron chi connectivity index (χ4n) is 2.31. The number of carbonyl (C=O) groups excluding carboxylic acids is 1. The van der Waals surface area contributed by atoms with Crippen LogP contribution in [0.5, 0.6) is 0 Å². The molecule has 2 nitrogen and oxygen atoms in total. The summed E-state index contributed by atoms with van der Waals surface area (Å²) in [5, 5.41) is 2.68. The van der Waals surface area contributed by atoms with Crippen LogP contribution in [0.4, 0.5) is 10.1 Å². The van der Waals surface area contributed by atoms with Gasteiger partial charge in [-0.15, -0.1) is 11.3 Å². The van der Waals surface area contributed by atoms with E-state index in [1.807, 2.05) is 0 Å². The van der Waals surface area contributed by atoms with E-state index >= 15 is 0 Å². The topological polar surface area (TPSA) is 29.1 Å². The van der Waals surface area contributed by atoms with Gasteiger partial charge >= 0.3 is 0 Å². The highest BCUT2D eigenvalue weighted by molar-refractivity contribution is 9.09. The summed E-state index contributed by atoms with van der Waals surface area (Å²) >= 11 is 16.8. The van der Waals surface area contributed by atoms with Crippen LogP contribution in [0.1, 0.15) is 27.9 Å². The van der Waals surface area contributed by atoms with Crippen LogP contribution in [0.15, 0.2) is 18.2 Å². The maximum atomic E-state index is 14.3. The smallest absolute Gasteiger partial charge is 0.224 e. The molecule has 21 heavy (non-hydrogen) atoms. The Hall–Kier alpha value is -0.620. The van der Waals surface area contributed by atoms with Crippen LogP contribution in [-0.2, 0) is 11.2 Å². The van der Waals surface area contributed by atoms with Crippen LogP contribution in [0.25, 0.3) is 0 Å². The predicted octanol–water partition coefficient (Wildman–Crippen LogP) is 5.56. The fraction of sp³-hybridized carbons (Fsp3) is 0.214. The Morgan fingerprint density at radius 3 is 2.67 bits per heavy atom. The summed E-state index contributed by atoms with van der Waals surface area (Å²) < 4.78 is 15.4. The molecule has 0 bridgehead atoms. The van der Waals surface area contributed by atoms with E-state index in [0.717, 1.165) is 11.1 Å². The molecule has 0 saturated heterocycles. The fourth-order valence-corrected chi connectivity index (χ4v) is 4.84. The summed E-state index contributed by atoms with van der Waals surface area (Å²) in [6.07, 6.45) is 1.02. The predicted molar refractivity (Wildman–Crippen MR) is 88.5 cm³/mol. The molecule has 3 rings (SSSR count). The molecular weight excluding hydrogens is 400 g/mol. The average Bonchev–Trinajstić information content (AvgIpc) is 2.76. The molecule has 2 aromatic rings. The lowest BCUT2D eigenvalue weighted by Crippen LogP contribution is -2.19. The standard InChI is InChI=1S/C14H9BrCl2FNOS/c15-13(8-4-11(16)21-14(8)17)7-3-6-1-2-12(20)19-10(6)5-9(7)18/h3-5,13H,1-2H2,(H,19,20). The molecule has 1 aliphatic rings. The first-order valence-corrected chi connectivity index (χ1v) is 8.65. The number of carbonyl (C=O) groups is 1. The number of nitrogens with one attached hydrogen (secondary N) is 1. The molecule has 1 amide bonds. The van der Waals surface area contributed by atoms with Gasteiger partial charge in [-0.1, -0.05) is 39.1 Å². The maximum absolute atomic E-state index is 14.3. The summed E-state index contributed by atoms with van der Waals surface area (Å²) in [4.78, 5) is 11.0. The normalized spacial score (nSPS) is 15.5. The van der Waals surface area contributed by atoms with Gasteiger partial charge in [0.15, 0.2) is 0 Å². The number of amides is 1. The number of aryl methyl sites for hydroxylation is 1. The van der Waals surface area contributed by atoms with Gasteiger partial charge in [-0.05, 0) is 30.2 Å². The lowest BCUT2D eigenvalue weighted by molar-refractivity contribution is -0.116. The van der Waals surface area contributed by atoms with E-state index in [0.29, 0.717) is 32.8 Å². The number of anilines is 1. The third kappa shape index (κ3) is 2.97. The van der Waals surface area contributed by atoms with Gasteiger partial charge in [0.2, 0.25) is 5.91 Å². The third-order valence-electron chi connectivity index (χ3n) is 3.35. The molecule has 0 spiro atoms. The Kier molecular flexibility index (Phi) is 4.28. The van der Waals surface area contributed by atoms with E-state index in [1.54, 1.807) is 12.1 Å². The molecular formula is C14H9BrCl2FNOS. The van der Waals surface area contributed by atoms with Gasteiger partial charge in [0.1, 0.15) is 5.82 Å². The van der Waals surface area contributed by atoms with Crippen molar-refractivity contribution in [2.24, 2.45) is 0 Å². The Morgan fingerprint density at radius 1 is 1.24 bits per heavy atom. The van der Waals surface area contributed by atoms with Crippen molar-refractivity contribution < 1.29 is 9.18 Å². The van der Waals surface area contributed by atoms with Crippen LogP contribution in [0.3, 0.4) is 0 Å². The van der Waals surface area contributed by atoms with Gasteiger partial charge in [-0.3, -0.25) is 4.79 Å². The Balaban J connectivity index is 2.03. The van der Waals surface area contributed by atoms with Crippen molar-refractivity contribution in [3.63, 3.8) is 0 Å². The summed E-state index contributed by atoms with van der Waals surface area (Å²) in [6.45, 7) is 0. The van der Waals surface area contributed by atoms with Gasteiger partial charge in [0.05, 0.1) is 13.5 Å². The SMILES string of the molecule is O=C1CCc2cc(C(Br)c3cc(Cl)sc3Cl)c(F)cc2N1. The second-order valence-electron chi connectivity index (χ2n) is 4.72. The molecule has 2 heterocycles. The Morgan fingerprint density at radius 2 is 2.00 bits per heavy atom. The minimum absolute atomic E-state index is 0.0855. The highest BCUT2D eigenvalue weighted by Crippen LogP contribution is 2.43. The van der Waals surface area contributed by atoms with Crippen molar-refractivity contribution in [3.8, 4) is 0 Å². The lowest BCUT2D eigenvalue weighted by atomic mass is 9.97. The zero-order valence-corrected chi connectivity index (χ0v) is 14.5. The van der Waals surface area contributed by atoms with Crippen molar-refractivity contribution >= 4 is 62.1 Å². The van der Waals surface area contributed by atoms with Crippen molar-refractivity contribution in [1.82, 2.24) is 0 Å². The van der Waals surface area contributed by atoms with Crippen molar-refractivity contribution in [3.05, 3.63) is 49.4 Å². The molecule has 7 heteroatoms. The number of alkyl halides is 1. The summed E-state index contributed by atoms with van der Waals surface area (Å²) in [6, 6.07) is 4.86. The Bertz CT molecular complexity index is 734. The molecule has 0 radical (unpaired) electrons. The van der Waals surface area contributed by atoms with Crippen LogP contribution in [0.2, 0.25) is 8.67 Å². The average molecular weight is 409 g/mol. The van der Waals surface area contributed by atoms with E-state index in [-0.39, 0.29) is 10.7 Å². The van der Waals surface area contributed by atoms with E-state index < -0.39 is 5.82 Å². The van der Waals surface area contributed by atoms with E-state index in [1.165, 1.54) is 17.4 Å². The van der Waals surface area contributed by atoms with Crippen LogP contribution in [0, 0.1) is 5.82 Å². The number of halogens is 4. The molecule has 1 aromatic carbocycles. The summed E-state index contributed by atoms with van der Waals surface area (Å²) in [5.41, 5.74) is 2.70. The largest absolute Gasteiger partial charge is 0.326 e. The highest BCUT2D eigenvalue weighted by atomic mass is 79.9. The molecule has 1 aliphatic heterocycles. The van der Waals surface area contributed by atoms with Crippen LogP contribution in [-0.4, -0.2) is 5.91 Å². The second kappa shape index (κ2) is 5.88. The van der Waals surface area contributed by atoms with Crippen LogP contribution >= 0.6 is 50.5 Å². The van der Waals surface area contributed by atoms with Gasteiger partial charge in [0.25, 0.3) is 0 Å². The van der Waals surface area contributed by atoms with Crippen molar-refractivity contribution in [1.29, 1.82) is 0 Å². The molecule has 1 atom stereocenters. The van der Waals surface area contributed by atoms with E-state index in [4.69, 9.17) is 23.2 Å². The number of hydrogen-bond donors (Lipinski definition) is 1. The molecule has 0 fully saturated rings. The molecule has 1 N–H and O–H groups in total. The monoisotopic (exact) mass is 407 g/mol. The molecule has 110 valence electrons. The molecule has 0 aliphatic carbocycles. The number of benzene rings is 1. The lowest BCUT2D eigenvalue weighted by Gasteiger charge is -2.20. The van der Waals surface area contributed by atoms with Gasteiger partial charge < -0.3 is 5.32 Å². The molecule has 1 aromatic heterocycles. The van der Waals surface area contributed by atoms with Crippen molar-refractivity contribution in [2.75, 3.05) is 5.32 Å². The second-order valence-corrected chi connectivity index (χ2v) is 7.92. The van der Waals surface area contributed by atoms with E-state index in [2.05, 4.69) is 21.2 Å². The molecule has 0 saturated carbocycles. The maximum Gasteiger partial charge on any atom is 0.224 e. The zero-order valence-electron chi connectivity index (χ0n) is 10.6. The summed E-state index contributed by atoms with van der Waals surface area (Å²) in [7, 11) is 0. The first kappa shape index (κ1) is 15.3. The third-order valence-corrected chi connectivity index (χ3v) is 5.85. The minimum atomic E-state index is -0.392. The number of rotatable bonds is 2. The minimum Gasteiger partial charge on any atom is -0.326 e. The number of hydrogen-bond acceptors (Lipinski definition) is 2. The van der Waals surface area contributed by atoms with Gasteiger partial charge in [-0.25, -0.2) is 4.39 Å².